The van der Waals surface area contributed by atoms with Crippen molar-refractivity contribution in [2.24, 2.45) is 0 Å². The summed E-state index contributed by atoms with van der Waals surface area (Å²) in [5.74, 6) is 0. The highest BCUT2D eigenvalue weighted by atomic mass is 32.1. The molecule has 13 heteroatoms. The Morgan fingerprint density at radius 3 is 2.00 bits per heavy atom. The molecule has 41 heavy (non-hydrogen) atoms. The number of carbonyl (C=O) groups excluding carboxylic acids is 1. The normalized spacial score (nSPS) is 18.3. The molecule has 0 saturated carbocycles. The molecular weight excluding hydrogens is 585 g/mol. The van der Waals surface area contributed by atoms with Crippen LogP contribution in [0.15, 0.2) is 66.0 Å². The molecule has 1 aromatic heterocycles. The molecule has 3 aromatic carbocycles. The summed E-state index contributed by atoms with van der Waals surface area (Å²) >= 11 is 1.36. The van der Waals surface area contributed by atoms with Crippen LogP contribution in [0.25, 0.3) is 21.2 Å². The van der Waals surface area contributed by atoms with Crippen molar-refractivity contribution in [3.8, 4) is 11.1 Å². The number of thiophene rings is 1. The van der Waals surface area contributed by atoms with E-state index >= 15 is 0 Å². The maximum absolute atomic E-state index is 13.6. The van der Waals surface area contributed by atoms with Gasteiger partial charge in [-0.2, -0.15) is 39.5 Å². The second-order valence-corrected chi connectivity index (χ2v) is 10.4. The first-order valence-electron chi connectivity index (χ1n) is 12.0. The van der Waals surface area contributed by atoms with Crippen LogP contribution in [0.1, 0.15) is 40.8 Å². The second-order valence-electron chi connectivity index (χ2n) is 9.53. The van der Waals surface area contributed by atoms with E-state index < -0.39 is 65.6 Å². The second kappa shape index (κ2) is 9.97. The molecule has 1 fully saturated rings. The third-order valence-electron chi connectivity index (χ3n) is 6.87. The van der Waals surface area contributed by atoms with Crippen LogP contribution in [0, 0.1) is 0 Å². The first-order chi connectivity index (χ1) is 19.0. The zero-order chi connectivity index (χ0) is 29.9. The molecule has 3 nitrogen and oxygen atoms in total. The van der Waals surface area contributed by atoms with E-state index in [1.807, 2.05) is 6.07 Å². The van der Waals surface area contributed by atoms with Gasteiger partial charge in [-0.15, -0.1) is 11.3 Å². The summed E-state index contributed by atoms with van der Waals surface area (Å²) in [7, 11) is 0. The lowest BCUT2D eigenvalue weighted by molar-refractivity contribution is -0.143. The van der Waals surface area contributed by atoms with Gasteiger partial charge in [0.05, 0.1) is 29.3 Å². The number of cyclic esters (lactones) is 1. The third-order valence-corrected chi connectivity index (χ3v) is 7.84. The van der Waals surface area contributed by atoms with Gasteiger partial charge in [0.15, 0.2) is 0 Å². The fourth-order valence-electron chi connectivity index (χ4n) is 4.84. The van der Waals surface area contributed by atoms with E-state index in [2.05, 4.69) is 0 Å². The van der Waals surface area contributed by atoms with Crippen LogP contribution in [-0.2, 0) is 29.8 Å². The van der Waals surface area contributed by atoms with Crippen molar-refractivity contribution in [3.05, 3.63) is 93.9 Å². The molecule has 0 unspecified atom stereocenters. The van der Waals surface area contributed by atoms with E-state index in [-0.39, 0.29) is 11.6 Å². The number of carbonyl (C=O) groups is 1. The van der Waals surface area contributed by atoms with Crippen LogP contribution in [0.2, 0.25) is 0 Å². The number of nitrogens with zero attached hydrogens (tertiary/aromatic N) is 1. The molecule has 0 bridgehead atoms. The summed E-state index contributed by atoms with van der Waals surface area (Å²) < 4.78 is 127. The van der Waals surface area contributed by atoms with Gasteiger partial charge >= 0.3 is 24.6 Å². The summed E-state index contributed by atoms with van der Waals surface area (Å²) in [5.41, 5.74) is -3.60. The van der Waals surface area contributed by atoms with Crippen LogP contribution in [0.3, 0.4) is 0 Å². The quantitative estimate of drug-likeness (QED) is 0.218. The number of fused-ring (bicyclic) bond motifs is 1. The standard InChI is InChI=1S/C28H18F9NO2S/c1-14-24(15-8-18(27(32,33)34)11-19(9-15)28(35,36)37)40-25(39)38(14)12-16-10-17(26(29,30)31)6-7-20(16)22-13-41-23-5-3-2-4-21(22)23/h2-11,13-14,24H,12H2,1H3/t14-,24-/m0/s1. The van der Waals surface area contributed by atoms with E-state index in [0.29, 0.717) is 23.3 Å². The van der Waals surface area contributed by atoms with Gasteiger partial charge in [0.1, 0.15) is 6.10 Å². The number of alkyl halides is 9. The lowest BCUT2D eigenvalue weighted by atomic mass is 9.95. The summed E-state index contributed by atoms with van der Waals surface area (Å²) in [5, 5.41) is 2.52. The van der Waals surface area contributed by atoms with Crippen LogP contribution in [-0.4, -0.2) is 17.0 Å². The Hall–Kier alpha value is -3.74. The highest BCUT2D eigenvalue weighted by Crippen LogP contribution is 2.43. The number of benzene rings is 3. The van der Waals surface area contributed by atoms with Gasteiger partial charge < -0.3 is 4.74 Å². The Labute approximate surface area is 230 Å². The molecule has 1 amide bonds. The van der Waals surface area contributed by atoms with Crippen molar-refractivity contribution < 1.29 is 49.0 Å². The minimum atomic E-state index is -5.11. The summed E-state index contributed by atoms with van der Waals surface area (Å²) in [6.45, 7) is 0.904. The minimum absolute atomic E-state index is 0.0389. The van der Waals surface area contributed by atoms with Crippen molar-refractivity contribution in [3.63, 3.8) is 0 Å². The molecule has 1 aliphatic heterocycles. The van der Waals surface area contributed by atoms with Gasteiger partial charge in [0, 0.05) is 15.6 Å². The van der Waals surface area contributed by atoms with Gasteiger partial charge in [-0.3, -0.25) is 4.90 Å². The molecule has 0 radical (unpaired) electrons. The molecule has 5 rings (SSSR count). The lowest BCUT2D eigenvalue weighted by Crippen LogP contribution is -2.32. The van der Waals surface area contributed by atoms with E-state index in [0.717, 1.165) is 27.1 Å². The van der Waals surface area contributed by atoms with Gasteiger partial charge in [-0.25, -0.2) is 4.79 Å². The van der Waals surface area contributed by atoms with Crippen molar-refractivity contribution >= 4 is 27.5 Å². The van der Waals surface area contributed by atoms with Crippen LogP contribution in [0.5, 0.6) is 0 Å². The van der Waals surface area contributed by atoms with Crippen molar-refractivity contribution in [1.82, 2.24) is 4.90 Å². The smallest absolute Gasteiger partial charge is 0.416 e. The number of rotatable bonds is 4. The summed E-state index contributed by atoms with van der Waals surface area (Å²) in [4.78, 5) is 13.9. The van der Waals surface area contributed by atoms with Crippen LogP contribution >= 0.6 is 11.3 Å². The Balaban J connectivity index is 1.55. The minimum Gasteiger partial charge on any atom is -0.439 e. The maximum atomic E-state index is 13.6. The molecule has 4 aromatic rings. The zero-order valence-electron chi connectivity index (χ0n) is 20.8. The van der Waals surface area contributed by atoms with Gasteiger partial charge in [-0.05, 0) is 65.4 Å². The molecule has 0 N–H and O–H groups in total. The van der Waals surface area contributed by atoms with E-state index in [1.54, 1.807) is 23.6 Å². The summed E-state index contributed by atoms with van der Waals surface area (Å²) in [6, 6.07) is 10.0. The molecule has 0 aliphatic carbocycles. The fourth-order valence-corrected chi connectivity index (χ4v) is 5.80. The van der Waals surface area contributed by atoms with Gasteiger partial charge in [0.25, 0.3) is 0 Å². The fraction of sp³-hybridized carbons (Fsp3) is 0.250. The number of hydrogen-bond acceptors (Lipinski definition) is 3. The number of hydrogen-bond donors (Lipinski definition) is 0. The lowest BCUT2D eigenvalue weighted by Gasteiger charge is -2.24. The number of amides is 1. The van der Waals surface area contributed by atoms with Crippen molar-refractivity contribution in [2.75, 3.05) is 0 Å². The number of halogens is 9. The average molecular weight is 604 g/mol. The van der Waals surface area contributed by atoms with E-state index in [1.165, 1.54) is 24.3 Å². The van der Waals surface area contributed by atoms with E-state index in [9.17, 15) is 44.3 Å². The van der Waals surface area contributed by atoms with Gasteiger partial charge in [0.2, 0.25) is 0 Å². The highest BCUT2D eigenvalue weighted by Gasteiger charge is 2.43. The summed E-state index contributed by atoms with van der Waals surface area (Å²) in [6.07, 6.45) is -17.6. The molecule has 0 spiro atoms. The monoisotopic (exact) mass is 603 g/mol. The molecule has 2 atom stereocenters. The Bertz CT molecular complexity index is 1590. The highest BCUT2D eigenvalue weighted by molar-refractivity contribution is 7.17. The molecule has 2 heterocycles. The SMILES string of the molecule is C[C@H]1[C@@H](c2cc(C(F)(F)F)cc(C(F)(F)F)c2)OC(=O)N1Cc1cc(C(F)(F)F)ccc1-c1csc2ccccc12. The van der Waals surface area contributed by atoms with Crippen molar-refractivity contribution in [1.29, 1.82) is 0 Å². The third kappa shape index (κ3) is 5.59. The van der Waals surface area contributed by atoms with E-state index in [4.69, 9.17) is 4.74 Å². The average Bonchev–Trinajstić information content (AvgIpc) is 3.43. The predicted molar refractivity (Wildman–Crippen MR) is 133 cm³/mol. The zero-order valence-corrected chi connectivity index (χ0v) is 21.6. The first-order valence-corrected chi connectivity index (χ1v) is 12.9. The first kappa shape index (κ1) is 28.8. The van der Waals surface area contributed by atoms with Crippen molar-refractivity contribution in [2.45, 2.75) is 44.1 Å². The molecule has 216 valence electrons. The van der Waals surface area contributed by atoms with Gasteiger partial charge in [-0.1, -0.05) is 24.3 Å². The molecular formula is C28H18F9NO2S. The largest absolute Gasteiger partial charge is 0.439 e. The Morgan fingerprint density at radius 2 is 1.39 bits per heavy atom. The predicted octanol–water partition coefficient (Wildman–Crippen LogP) is 9.71. The molecule has 1 saturated heterocycles. The Kier molecular flexibility index (Phi) is 6.99. The topological polar surface area (TPSA) is 29.5 Å². The van der Waals surface area contributed by atoms with Crippen LogP contribution in [0.4, 0.5) is 44.3 Å². The van der Waals surface area contributed by atoms with Crippen LogP contribution < -0.4 is 0 Å². The molecule has 1 aliphatic rings. The maximum Gasteiger partial charge on any atom is 0.416 e. The Morgan fingerprint density at radius 1 is 0.780 bits per heavy atom. The number of ether oxygens (including phenoxy) is 1.